The number of hydrogen-bond acceptors (Lipinski definition) is 2. The van der Waals surface area contributed by atoms with Gasteiger partial charge in [-0.1, -0.05) is 12.1 Å². The summed E-state index contributed by atoms with van der Waals surface area (Å²) >= 11 is 0. The first-order valence-corrected chi connectivity index (χ1v) is 6.30. The molecule has 0 N–H and O–H groups in total. The van der Waals surface area contributed by atoms with E-state index < -0.39 is 0 Å². The van der Waals surface area contributed by atoms with Crippen molar-refractivity contribution >= 4 is 11.7 Å². The molecule has 1 rings (SSSR count). The quantitative estimate of drug-likeness (QED) is 0.750. The number of Topliss-reactive ketones (excluding diaryl/α,β-unsaturated/α-hetero) is 1. The average molecular weight is 247 g/mol. The van der Waals surface area contributed by atoms with Crippen molar-refractivity contribution in [1.82, 2.24) is 4.90 Å². The number of hydrogen-bond donors (Lipinski definition) is 0. The zero-order chi connectivity index (χ0) is 13.7. The number of carbonyl (C=O) groups is 2. The van der Waals surface area contributed by atoms with Crippen molar-refractivity contribution in [3.05, 3.63) is 34.9 Å². The van der Waals surface area contributed by atoms with Crippen molar-refractivity contribution in [3.8, 4) is 0 Å². The molecule has 1 aromatic rings. The number of ketones is 1. The van der Waals surface area contributed by atoms with Crippen molar-refractivity contribution in [1.29, 1.82) is 0 Å². The maximum absolute atomic E-state index is 12.0. The Morgan fingerprint density at radius 2 is 1.78 bits per heavy atom. The molecule has 0 saturated carbocycles. The molecule has 0 atom stereocenters. The van der Waals surface area contributed by atoms with Gasteiger partial charge in [0.1, 0.15) is 0 Å². The first kappa shape index (κ1) is 14.4. The molecule has 0 aliphatic rings. The van der Waals surface area contributed by atoms with Gasteiger partial charge in [0.15, 0.2) is 5.78 Å². The zero-order valence-corrected chi connectivity index (χ0v) is 11.6. The summed E-state index contributed by atoms with van der Waals surface area (Å²) < 4.78 is 0. The fourth-order valence-electron chi connectivity index (χ4n) is 1.65. The normalized spacial score (nSPS) is 10.2. The third-order valence-corrected chi connectivity index (χ3v) is 3.29. The van der Waals surface area contributed by atoms with Gasteiger partial charge in [0.05, 0.1) is 0 Å². The summed E-state index contributed by atoms with van der Waals surface area (Å²) in [4.78, 5) is 25.2. The third-order valence-electron chi connectivity index (χ3n) is 3.29. The maximum Gasteiger partial charge on any atom is 0.222 e. The van der Waals surface area contributed by atoms with Gasteiger partial charge < -0.3 is 4.90 Å². The van der Waals surface area contributed by atoms with Gasteiger partial charge in [-0.05, 0) is 38.0 Å². The molecule has 98 valence electrons. The van der Waals surface area contributed by atoms with E-state index in [1.807, 2.05) is 39.0 Å². The summed E-state index contributed by atoms with van der Waals surface area (Å²) in [7, 11) is 1.75. The Kier molecular flexibility index (Phi) is 5.08. The summed E-state index contributed by atoms with van der Waals surface area (Å²) in [6.45, 7) is 6.60. The van der Waals surface area contributed by atoms with Gasteiger partial charge >= 0.3 is 0 Å². The van der Waals surface area contributed by atoms with E-state index in [4.69, 9.17) is 0 Å². The highest BCUT2D eigenvalue weighted by Crippen LogP contribution is 2.12. The van der Waals surface area contributed by atoms with Crippen LogP contribution in [0, 0.1) is 13.8 Å². The predicted octanol–water partition coefficient (Wildman–Crippen LogP) is 2.74. The minimum atomic E-state index is 0.0229. The lowest BCUT2D eigenvalue weighted by Gasteiger charge is -2.13. The third kappa shape index (κ3) is 3.69. The van der Waals surface area contributed by atoms with Gasteiger partial charge in [0.25, 0.3) is 0 Å². The Labute approximate surface area is 109 Å². The van der Waals surface area contributed by atoms with E-state index in [0.29, 0.717) is 12.1 Å². The maximum atomic E-state index is 12.0. The molecule has 0 radical (unpaired) electrons. The van der Waals surface area contributed by atoms with Crippen LogP contribution in [0.15, 0.2) is 18.2 Å². The smallest absolute Gasteiger partial charge is 0.222 e. The molecule has 3 nitrogen and oxygen atoms in total. The average Bonchev–Trinajstić information content (AvgIpc) is 2.37. The second kappa shape index (κ2) is 6.34. The molecule has 0 aliphatic heterocycles. The largest absolute Gasteiger partial charge is 0.346 e. The van der Waals surface area contributed by atoms with Crippen molar-refractivity contribution < 1.29 is 9.59 Å². The Morgan fingerprint density at radius 1 is 1.11 bits per heavy atom. The Morgan fingerprint density at radius 3 is 2.33 bits per heavy atom. The highest BCUT2D eigenvalue weighted by molar-refractivity contribution is 5.98. The van der Waals surface area contributed by atoms with Gasteiger partial charge in [-0.15, -0.1) is 0 Å². The van der Waals surface area contributed by atoms with E-state index in [9.17, 15) is 9.59 Å². The van der Waals surface area contributed by atoms with E-state index in [2.05, 4.69) is 0 Å². The summed E-state index contributed by atoms with van der Waals surface area (Å²) in [6.07, 6.45) is 0.571. The molecular formula is C15H21NO2. The Bertz CT molecular complexity index is 452. The van der Waals surface area contributed by atoms with Crippen molar-refractivity contribution in [2.45, 2.75) is 33.6 Å². The monoisotopic (exact) mass is 247 g/mol. The SMILES string of the molecule is CCN(C)C(=O)CCC(=O)c1ccc(C)c(C)c1. The van der Waals surface area contributed by atoms with Crippen LogP contribution in [0.5, 0.6) is 0 Å². The van der Waals surface area contributed by atoms with Crippen molar-refractivity contribution in [2.24, 2.45) is 0 Å². The lowest BCUT2D eigenvalue weighted by atomic mass is 10.0. The molecular weight excluding hydrogens is 226 g/mol. The van der Waals surface area contributed by atoms with Crippen LogP contribution >= 0.6 is 0 Å². The molecule has 0 unspecified atom stereocenters. The number of benzene rings is 1. The van der Waals surface area contributed by atoms with Gasteiger partial charge in [0.2, 0.25) is 5.91 Å². The topological polar surface area (TPSA) is 37.4 Å². The van der Waals surface area contributed by atoms with E-state index in [1.54, 1.807) is 11.9 Å². The van der Waals surface area contributed by atoms with Crippen LogP contribution in [0.1, 0.15) is 41.3 Å². The highest BCUT2D eigenvalue weighted by atomic mass is 16.2. The highest BCUT2D eigenvalue weighted by Gasteiger charge is 2.12. The van der Waals surface area contributed by atoms with Crippen LogP contribution < -0.4 is 0 Å². The summed E-state index contributed by atoms with van der Waals surface area (Å²) in [5, 5.41) is 0. The van der Waals surface area contributed by atoms with E-state index in [0.717, 1.165) is 5.56 Å². The van der Waals surface area contributed by atoms with Crippen LogP contribution in [0.2, 0.25) is 0 Å². The molecule has 1 amide bonds. The molecule has 0 heterocycles. The van der Waals surface area contributed by atoms with Crippen molar-refractivity contribution in [2.75, 3.05) is 13.6 Å². The molecule has 1 aromatic carbocycles. The van der Waals surface area contributed by atoms with Gasteiger partial charge in [-0.3, -0.25) is 9.59 Å². The molecule has 0 saturated heterocycles. The number of nitrogens with zero attached hydrogens (tertiary/aromatic N) is 1. The minimum absolute atomic E-state index is 0.0229. The lowest BCUT2D eigenvalue weighted by Crippen LogP contribution is -2.26. The van der Waals surface area contributed by atoms with Crippen LogP contribution in [0.3, 0.4) is 0 Å². The second-order valence-electron chi connectivity index (χ2n) is 4.63. The van der Waals surface area contributed by atoms with E-state index in [1.165, 1.54) is 5.56 Å². The summed E-state index contributed by atoms with van der Waals surface area (Å²) in [5.74, 6) is 0.0608. The van der Waals surface area contributed by atoms with Crippen LogP contribution in [0.25, 0.3) is 0 Å². The molecule has 0 bridgehead atoms. The van der Waals surface area contributed by atoms with Crippen LogP contribution in [-0.4, -0.2) is 30.2 Å². The fourth-order valence-corrected chi connectivity index (χ4v) is 1.65. The molecule has 18 heavy (non-hydrogen) atoms. The predicted molar refractivity (Wildman–Crippen MR) is 72.8 cm³/mol. The first-order chi connectivity index (χ1) is 8.45. The van der Waals surface area contributed by atoms with E-state index >= 15 is 0 Å². The van der Waals surface area contributed by atoms with Gasteiger partial charge in [-0.2, -0.15) is 0 Å². The molecule has 0 aromatic heterocycles. The van der Waals surface area contributed by atoms with Crippen LogP contribution in [0.4, 0.5) is 0 Å². The lowest BCUT2D eigenvalue weighted by molar-refractivity contribution is -0.129. The molecule has 0 spiro atoms. The summed E-state index contributed by atoms with van der Waals surface area (Å²) in [6, 6.07) is 5.67. The summed E-state index contributed by atoms with van der Waals surface area (Å²) in [5.41, 5.74) is 2.98. The van der Waals surface area contributed by atoms with Gasteiger partial charge in [0, 0.05) is 32.0 Å². The fraction of sp³-hybridized carbons (Fsp3) is 0.467. The molecule has 3 heteroatoms. The number of rotatable bonds is 5. The van der Waals surface area contributed by atoms with Crippen LogP contribution in [-0.2, 0) is 4.79 Å². The zero-order valence-electron chi connectivity index (χ0n) is 11.6. The molecule has 0 aliphatic carbocycles. The number of amides is 1. The minimum Gasteiger partial charge on any atom is -0.346 e. The first-order valence-electron chi connectivity index (χ1n) is 6.30. The number of carbonyl (C=O) groups excluding carboxylic acids is 2. The Balaban J connectivity index is 2.60. The molecule has 0 fully saturated rings. The standard InChI is InChI=1S/C15H21NO2/c1-5-16(4)15(18)9-8-14(17)13-7-6-11(2)12(3)10-13/h6-7,10H,5,8-9H2,1-4H3. The number of aryl methyl sites for hydroxylation is 2. The van der Waals surface area contributed by atoms with Gasteiger partial charge in [-0.25, -0.2) is 0 Å². The van der Waals surface area contributed by atoms with Crippen molar-refractivity contribution in [3.63, 3.8) is 0 Å². The second-order valence-corrected chi connectivity index (χ2v) is 4.63. The Hall–Kier alpha value is -1.64. The van der Waals surface area contributed by atoms with E-state index in [-0.39, 0.29) is 24.5 Å².